The summed E-state index contributed by atoms with van der Waals surface area (Å²) in [5.41, 5.74) is 0. The smallest absolute Gasteiger partial charge is 0.247 e. The van der Waals surface area contributed by atoms with Crippen LogP contribution in [0.5, 0.6) is 0 Å². The van der Waals surface area contributed by atoms with Crippen LogP contribution in [0.15, 0.2) is 18.5 Å². The molecule has 0 bridgehead atoms. The Kier molecular flexibility index (Phi) is 6.87. The average Bonchev–Trinajstić information content (AvgIpc) is 2.95. The molecule has 2 amide bonds. The first-order valence-electron chi connectivity index (χ1n) is 7.07. The molecule has 0 fully saturated rings. The molecule has 1 aromatic heterocycles. The van der Waals surface area contributed by atoms with Crippen molar-refractivity contribution >= 4 is 11.8 Å². The topological polar surface area (TPSA) is 70.5 Å². The molecule has 0 saturated carbocycles. The number of amides is 2. The SMILES string of the molecule is CC(C(=O)N(C)CC(=O)NCCCN(C)C)n1cccn1. The molecule has 1 heterocycles. The van der Waals surface area contributed by atoms with E-state index in [1.54, 1.807) is 37.1 Å². The molecule has 0 aliphatic rings. The second-order valence-corrected chi connectivity index (χ2v) is 5.36. The molecule has 0 spiro atoms. The Balaban J connectivity index is 2.33. The second kappa shape index (κ2) is 8.41. The highest BCUT2D eigenvalue weighted by Gasteiger charge is 2.20. The van der Waals surface area contributed by atoms with Crippen LogP contribution in [0.25, 0.3) is 0 Å². The van der Waals surface area contributed by atoms with Crippen LogP contribution in [0, 0.1) is 0 Å². The number of aromatic nitrogens is 2. The third-order valence-electron chi connectivity index (χ3n) is 3.14. The van der Waals surface area contributed by atoms with Crippen LogP contribution in [0.1, 0.15) is 19.4 Å². The van der Waals surface area contributed by atoms with E-state index in [2.05, 4.69) is 15.3 Å². The molecule has 0 radical (unpaired) electrons. The fourth-order valence-corrected chi connectivity index (χ4v) is 1.91. The summed E-state index contributed by atoms with van der Waals surface area (Å²) in [6.07, 6.45) is 4.25. The van der Waals surface area contributed by atoms with Crippen LogP contribution in [-0.2, 0) is 9.59 Å². The van der Waals surface area contributed by atoms with Gasteiger partial charge < -0.3 is 15.1 Å². The first-order chi connectivity index (χ1) is 9.91. The number of nitrogens with one attached hydrogen (secondary N) is 1. The minimum absolute atomic E-state index is 0.0619. The van der Waals surface area contributed by atoms with Gasteiger partial charge in [0.1, 0.15) is 6.04 Å². The summed E-state index contributed by atoms with van der Waals surface area (Å²) in [5.74, 6) is -0.278. The van der Waals surface area contributed by atoms with Crippen LogP contribution in [0.3, 0.4) is 0 Å². The summed E-state index contributed by atoms with van der Waals surface area (Å²) in [6, 6.07) is 1.35. The van der Waals surface area contributed by atoms with Crippen molar-refractivity contribution in [3.8, 4) is 0 Å². The van der Waals surface area contributed by atoms with Gasteiger partial charge in [-0.3, -0.25) is 14.3 Å². The van der Waals surface area contributed by atoms with Gasteiger partial charge in [-0.05, 0) is 40.1 Å². The van der Waals surface area contributed by atoms with Gasteiger partial charge in [-0.15, -0.1) is 0 Å². The lowest BCUT2D eigenvalue weighted by molar-refractivity contribution is -0.137. The van der Waals surface area contributed by atoms with Gasteiger partial charge in [0, 0.05) is 26.0 Å². The first kappa shape index (κ1) is 17.2. The van der Waals surface area contributed by atoms with Crippen LogP contribution in [0.4, 0.5) is 0 Å². The molecule has 1 aromatic rings. The van der Waals surface area contributed by atoms with Gasteiger partial charge in [0.2, 0.25) is 11.8 Å². The molecule has 7 heteroatoms. The van der Waals surface area contributed by atoms with Crippen molar-refractivity contribution in [2.45, 2.75) is 19.4 Å². The lowest BCUT2D eigenvalue weighted by Gasteiger charge is -2.21. The van der Waals surface area contributed by atoms with Crippen molar-refractivity contribution in [2.24, 2.45) is 0 Å². The molecule has 0 aliphatic heterocycles. The highest BCUT2D eigenvalue weighted by atomic mass is 16.2. The lowest BCUT2D eigenvalue weighted by atomic mass is 10.3. The van der Waals surface area contributed by atoms with E-state index >= 15 is 0 Å². The number of likely N-dealkylation sites (N-methyl/N-ethyl adjacent to an activating group) is 1. The maximum atomic E-state index is 12.2. The Morgan fingerprint density at radius 2 is 2.05 bits per heavy atom. The number of hydrogen-bond acceptors (Lipinski definition) is 4. The summed E-state index contributed by atoms with van der Waals surface area (Å²) in [4.78, 5) is 27.4. The number of hydrogen-bond donors (Lipinski definition) is 1. The van der Waals surface area contributed by atoms with E-state index in [-0.39, 0.29) is 18.4 Å². The zero-order valence-electron chi connectivity index (χ0n) is 13.2. The normalized spacial score (nSPS) is 12.2. The van der Waals surface area contributed by atoms with E-state index in [4.69, 9.17) is 0 Å². The maximum Gasteiger partial charge on any atom is 0.247 e. The van der Waals surface area contributed by atoms with Gasteiger partial charge in [0.05, 0.1) is 6.54 Å². The third kappa shape index (κ3) is 5.95. The molecule has 1 rings (SSSR count). The Hall–Kier alpha value is -1.89. The van der Waals surface area contributed by atoms with E-state index < -0.39 is 6.04 Å². The average molecular weight is 295 g/mol. The van der Waals surface area contributed by atoms with E-state index in [1.165, 1.54) is 4.90 Å². The minimum atomic E-state index is -0.411. The predicted molar refractivity (Wildman–Crippen MR) is 80.8 cm³/mol. The first-order valence-corrected chi connectivity index (χ1v) is 7.07. The molecule has 0 saturated heterocycles. The summed E-state index contributed by atoms with van der Waals surface area (Å²) in [6.45, 7) is 3.37. The molecule has 1 unspecified atom stereocenters. The van der Waals surface area contributed by atoms with Crippen molar-refractivity contribution in [3.05, 3.63) is 18.5 Å². The Bertz CT molecular complexity index is 444. The monoisotopic (exact) mass is 295 g/mol. The molecule has 1 atom stereocenters. The Morgan fingerprint density at radius 3 is 2.62 bits per heavy atom. The van der Waals surface area contributed by atoms with Gasteiger partial charge >= 0.3 is 0 Å². The summed E-state index contributed by atoms with van der Waals surface area (Å²) in [5, 5.41) is 6.86. The molecule has 0 aliphatic carbocycles. The summed E-state index contributed by atoms with van der Waals surface area (Å²) >= 11 is 0. The fraction of sp³-hybridized carbons (Fsp3) is 0.643. The molecule has 7 nitrogen and oxygen atoms in total. The molecular weight excluding hydrogens is 270 g/mol. The molecule has 118 valence electrons. The third-order valence-corrected chi connectivity index (χ3v) is 3.14. The van der Waals surface area contributed by atoms with Crippen molar-refractivity contribution < 1.29 is 9.59 Å². The van der Waals surface area contributed by atoms with Crippen LogP contribution in [0.2, 0.25) is 0 Å². The van der Waals surface area contributed by atoms with E-state index in [1.807, 2.05) is 14.1 Å². The van der Waals surface area contributed by atoms with Gasteiger partial charge in [0.15, 0.2) is 0 Å². The summed E-state index contributed by atoms with van der Waals surface area (Å²) in [7, 11) is 5.61. The highest BCUT2D eigenvalue weighted by Crippen LogP contribution is 2.06. The van der Waals surface area contributed by atoms with Gasteiger partial charge in [0.25, 0.3) is 0 Å². The number of carbonyl (C=O) groups is 2. The van der Waals surface area contributed by atoms with Crippen molar-refractivity contribution in [3.63, 3.8) is 0 Å². The zero-order chi connectivity index (χ0) is 15.8. The quantitative estimate of drug-likeness (QED) is 0.684. The fourth-order valence-electron chi connectivity index (χ4n) is 1.91. The molecule has 21 heavy (non-hydrogen) atoms. The van der Waals surface area contributed by atoms with Crippen molar-refractivity contribution in [1.29, 1.82) is 0 Å². The van der Waals surface area contributed by atoms with E-state index in [9.17, 15) is 9.59 Å². The molecular formula is C14H25N5O2. The van der Waals surface area contributed by atoms with Crippen LogP contribution < -0.4 is 5.32 Å². The summed E-state index contributed by atoms with van der Waals surface area (Å²) < 4.78 is 1.58. The van der Waals surface area contributed by atoms with Gasteiger partial charge in [-0.2, -0.15) is 5.10 Å². The minimum Gasteiger partial charge on any atom is -0.355 e. The van der Waals surface area contributed by atoms with Crippen molar-refractivity contribution in [2.75, 3.05) is 40.8 Å². The molecule has 0 aromatic carbocycles. The number of rotatable bonds is 8. The lowest BCUT2D eigenvalue weighted by Crippen LogP contribution is -2.41. The predicted octanol–water partition coefficient (Wildman–Crippen LogP) is -0.0296. The Morgan fingerprint density at radius 1 is 1.33 bits per heavy atom. The van der Waals surface area contributed by atoms with Crippen molar-refractivity contribution in [1.82, 2.24) is 24.9 Å². The zero-order valence-corrected chi connectivity index (χ0v) is 13.2. The van der Waals surface area contributed by atoms with E-state index in [0.717, 1.165) is 13.0 Å². The maximum absolute atomic E-state index is 12.2. The standard InChI is InChI=1S/C14H25N5O2/c1-12(19-10-6-8-16-19)14(21)18(4)11-13(20)15-7-5-9-17(2)3/h6,8,10,12H,5,7,9,11H2,1-4H3,(H,15,20). The largest absolute Gasteiger partial charge is 0.355 e. The number of carbonyl (C=O) groups excluding carboxylic acids is 2. The Labute approximate surface area is 125 Å². The van der Waals surface area contributed by atoms with E-state index in [0.29, 0.717) is 6.54 Å². The highest BCUT2D eigenvalue weighted by molar-refractivity contribution is 5.86. The van der Waals surface area contributed by atoms with Crippen LogP contribution >= 0.6 is 0 Å². The second-order valence-electron chi connectivity index (χ2n) is 5.36. The number of nitrogens with zero attached hydrogens (tertiary/aromatic N) is 4. The van der Waals surface area contributed by atoms with Gasteiger partial charge in [-0.1, -0.05) is 0 Å². The van der Waals surface area contributed by atoms with Crippen LogP contribution in [-0.4, -0.2) is 72.2 Å². The van der Waals surface area contributed by atoms with Gasteiger partial charge in [-0.25, -0.2) is 0 Å². The molecule has 1 N–H and O–H groups in total.